The molecule has 0 spiro atoms. The fraction of sp³-hybridized carbons (Fsp3) is 0.125. The highest BCUT2D eigenvalue weighted by molar-refractivity contribution is 6.23. The van der Waals surface area contributed by atoms with Gasteiger partial charge < -0.3 is 10.4 Å². The van der Waals surface area contributed by atoms with Gasteiger partial charge in [-0.2, -0.15) is 0 Å². The first-order valence-electron chi connectivity index (χ1n) is 6.71. The number of fused-ring (bicyclic) bond motifs is 1. The highest BCUT2D eigenvalue weighted by Crippen LogP contribution is 2.25. The molecule has 2 amide bonds. The predicted molar refractivity (Wildman–Crippen MR) is 77.9 cm³/mol. The number of hydrogen-bond donors (Lipinski definition) is 3. The standard InChI is InChI=1S/C16H13FN2O3/c17-12-6-9(4-5-10(12)8-20)7-18-13-3-1-2-11-14(13)16(22)19-15(11)21/h1-6,18,20H,7-8H2,(H,19,21,22). The van der Waals surface area contributed by atoms with Crippen LogP contribution in [0.2, 0.25) is 0 Å². The molecule has 0 aromatic heterocycles. The average molecular weight is 300 g/mol. The maximum absolute atomic E-state index is 13.6. The Hall–Kier alpha value is -2.73. The molecule has 2 aromatic rings. The van der Waals surface area contributed by atoms with Crippen LogP contribution in [0.5, 0.6) is 0 Å². The van der Waals surface area contributed by atoms with Crippen LogP contribution in [0.3, 0.4) is 0 Å². The second-order valence-electron chi connectivity index (χ2n) is 4.95. The number of benzene rings is 2. The molecule has 6 heteroatoms. The number of carbonyl (C=O) groups excluding carboxylic acids is 2. The smallest absolute Gasteiger partial charge is 0.261 e. The topological polar surface area (TPSA) is 78.4 Å². The van der Waals surface area contributed by atoms with Crippen molar-refractivity contribution in [3.05, 3.63) is 64.5 Å². The molecule has 0 radical (unpaired) electrons. The Labute approximate surface area is 125 Å². The normalized spacial score (nSPS) is 13.0. The van der Waals surface area contributed by atoms with Gasteiger partial charge in [-0.1, -0.05) is 18.2 Å². The molecule has 0 fully saturated rings. The van der Waals surface area contributed by atoms with Crippen molar-refractivity contribution in [1.29, 1.82) is 0 Å². The van der Waals surface area contributed by atoms with Gasteiger partial charge in [0.05, 0.1) is 17.7 Å². The third-order valence-corrected chi connectivity index (χ3v) is 3.53. The minimum Gasteiger partial charge on any atom is -0.392 e. The van der Waals surface area contributed by atoms with E-state index in [1.165, 1.54) is 12.1 Å². The van der Waals surface area contributed by atoms with E-state index in [2.05, 4.69) is 10.6 Å². The van der Waals surface area contributed by atoms with E-state index in [-0.39, 0.29) is 12.2 Å². The van der Waals surface area contributed by atoms with Gasteiger partial charge in [-0.15, -0.1) is 0 Å². The zero-order valence-electron chi connectivity index (χ0n) is 11.5. The third kappa shape index (κ3) is 2.44. The summed E-state index contributed by atoms with van der Waals surface area (Å²) in [6.45, 7) is -0.0609. The van der Waals surface area contributed by atoms with Gasteiger partial charge in [-0.05, 0) is 23.8 Å². The maximum Gasteiger partial charge on any atom is 0.261 e. The van der Waals surface area contributed by atoms with E-state index in [0.29, 0.717) is 28.9 Å². The van der Waals surface area contributed by atoms with Crippen LogP contribution < -0.4 is 10.6 Å². The Morgan fingerprint density at radius 3 is 2.68 bits per heavy atom. The first-order chi connectivity index (χ1) is 10.6. The van der Waals surface area contributed by atoms with Crippen molar-refractivity contribution in [3.8, 4) is 0 Å². The van der Waals surface area contributed by atoms with Crippen LogP contribution in [0.1, 0.15) is 31.8 Å². The van der Waals surface area contributed by atoms with E-state index < -0.39 is 17.6 Å². The lowest BCUT2D eigenvalue weighted by Crippen LogP contribution is -2.20. The number of hydrogen-bond acceptors (Lipinski definition) is 4. The van der Waals surface area contributed by atoms with Gasteiger partial charge >= 0.3 is 0 Å². The molecule has 1 aliphatic rings. The van der Waals surface area contributed by atoms with Gasteiger partial charge in [0.15, 0.2) is 0 Å². The van der Waals surface area contributed by atoms with Crippen LogP contribution in [0.4, 0.5) is 10.1 Å². The van der Waals surface area contributed by atoms with Crippen molar-refractivity contribution < 1.29 is 19.1 Å². The van der Waals surface area contributed by atoms with Gasteiger partial charge in [-0.3, -0.25) is 14.9 Å². The molecular formula is C16H13FN2O3. The van der Waals surface area contributed by atoms with Gasteiger partial charge in [0.25, 0.3) is 11.8 Å². The molecule has 0 unspecified atom stereocenters. The number of carbonyl (C=O) groups is 2. The molecule has 2 aromatic carbocycles. The molecule has 3 N–H and O–H groups in total. The monoisotopic (exact) mass is 300 g/mol. The largest absolute Gasteiger partial charge is 0.392 e. The molecule has 112 valence electrons. The number of amides is 2. The number of halogens is 1. The second kappa shape index (κ2) is 5.57. The van der Waals surface area contributed by atoms with Crippen LogP contribution in [0.15, 0.2) is 36.4 Å². The number of imide groups is 1. The van der Waals surface area contributed by atoms with Crippen LogP contribution >= 0.6 is 0 Å². The van der Waals surface area contributed by atoms with Crippen molar-refractivity contribution in [3.63, 3.8) is 0 Å². The minimum absolute atomic E-state index is 0.231. The summed E-state index contributed by atoms with van der Waals surface area (Å²) < 4.78 is 13.6. The Morgan fingerprint density at radius 1 is 1.14 bits per heavy atom. The van der Waals surface area contributed by atoms with E-state index in [1.807, 2.05) is 0 Å². The maximum atomic E-state index is 13.6. The first-order valence-corrected chi connectivity index (χ1v) is 6.71. The molecule has 0 aliphatic carbocycles. The van der Waals surface area contributed by atoms with Gasteiger partial charge in [0, 0.05) is 17.8 Å². The number of nitrogens with one attached hydrogen (secondary N) is 2. The molecule has 0 saturated heterocycles. The van der Waals surface area contributed by atoms with E-state index in [9.17, 15) is 14.0 Å². The van der Waals surface area contributed by atoms with E-state index >= 15 is 0 Å². The fourth-order valence-electron chi connectivity index (χ4n) is 2.39. The van der Waals surface area contributed by atoms with Crippen molar-refractivity contribution >= 4 is 17.5 Å². The molecule has 22 heavy (non-hydrogen) atoms. The minimum atomic E-state index is -0.479. The lowest BCUT2D eigenvalue weighted by molar-refractivity contribution is 0.0880. The Bertz CT molecular complexity index is 774. The lowest BCUT2D eigenvalue weighted by atomic mass is 10.1. The van der Waals surface area contributed by atoms with Gasteiger partial charge in [0.2, 0.25) is 0 Å². The highest BCUT2D eigenvalue weighted by atomic mass is 19.1. The quantitative estimate of drug-likeness (QED) is 0.753. The van der Waals surface area contributed by atoms with E-state index in [0.717, 1.165) is 0 Å². The summed E-state index contributed by atoms with van der Waals surface area (Å²) in [6.07, 6.45) is 0. The number of aliphatic hydroxyl groups is 1. The molecule has 0 bridgehead atoms. The highest BCUT2D eigenvalue weighted by Gasteiger charge is 2.29. The van der Waals surface area contributed by atoms with Gasteiger partial charge in [0.1, 0.15) is 5.82 Å². The van der Waals surface area contributed by atoms with E-state index in [1.54, 1.807) is 24.3 Å². The summed E-state index contributed by atoms with van der Waals surface area (Å²) in [5, 5.41) is 14.2. The second-order valence-corrected chi connectivity index (χ2v) is 4.95. The van der Waals surface area contributed by atoms with Crippen LogP contribution in [-0.4, -0.2) is 16.9 Å². The van der Waals surface area contributed by atoms with Crippen molar-refractivity contribution in [2.45, 2.75) is 13.2 Å². The molecule has 1 heterocycles. The molecule has 0 atom stereocenters. The van der Waals surface area contributed by atoms with Crippen LogP contribution in [-0.2, 0) is 13.2 Å². The molecular weight excluding hydrogens is 287 g/mol. The molecule has 5 nitrogen and oxygen atoms in total. The zero-order valence-corrected chi connectivity index (χ0v) is 11.5. The summed E-state index contributed by atoms with van der Waals surface area (Å²) in [5.41, 5.74) is 2.05. The predicted octanol–water partition coefficient (Wildman–Crippen LogP) is 1.81. The summed E-state index contributed by atoms with van der Waals surface area (Å²) in [4.78, 5) is 23.4. The molecule has 0 saturated carbocycles. The Kier molecular flexibility index (Phi) is 3.60. The van der Waals surface area contributed by atoms with Crippen molar-refractivity contribution in [2.75, 3.05) is 5.32 Å². The summed E-state index contributed by atoms with van der Waals surface area (Å²) >= 11 is 0. The summed E-state index contributed by atoms with van der Waals surface area (Å²) in [6, 6.07) is 9.47. The lowest BCUT2D eigenvalue weighted by Gasteiger charge is -2.10. The number of rotatable bonds is 4. The number of anilines is 1. The fourth-order valence-corrected chi connectivity index (χ4v) is 2.39. The van der Waals surface area contributed by atoms with Gasteiger partial charge in [-0.25, -0.2) is 4.39 Å². The van der Waals surface area contributed by atoms with E-state index in [4.69, 9.17) is 5.11 Å². The van der Waals surface area contributed by atoms with Crippen LogP contribution in [0.25, 0.3) is 0 Å². The Balaban J connectivity index is 1.82. The Morgan fingerprint density at radius 2 is 1.95 bits per heavy atom. The van der Waals surface area contributed by atoms with Crippen molar-refractivity contribution in [1.82, 2.24) is 5.32 Å². The number of aliphatic hydroxyl groups excluding tert-OH is 1. The zero-order chi connectivity index (χ0) is 15.7. The first kappa shape index (κ1) is 14.2. The molecule has 1 aliphatic heterocycles. The SMILES string of the molecule is O=C1NC(=O)c2c(NCc3ccc(CO)c(F)c3)cccc21. The summed E-state index contributed by atoms with van der Waals surface area (Å²) in [7, 11) is 0. The van der Waals surface area contributed by atoms with Crippen molar-refractivity contribution in [2.24, 2.45) is 0 Å². The summed E-state index contributed by atoms with van der Waals surface area (Å²) in [5.74, 6) is -1.33. The molecule has 3 rings (SSSR count). The van der Waals surface area contributed by atoms with Crippen LogP contribution in [0, 0.1) is 5.82 Å². The average Bonchev–Trinajstić information content (AvgIpc) is 2.81. The third-order valence-electron chi connectivity index (χ3n) is 3.53.